The van der Waals surface area contributed by atoms with Crippen molar-refractivity contribution >= 4 is 11.6 Å². The van der Waals surface area contributed by atoms with E-state index >= 15 is 0 Å². The summed E-state index contributed by atoms with van der Waals surface area (Å²) >= 11 is 0. The molecule has 1 heterocycles. The van der Waals surface area contributed by atoms with Gasteiger partial charge < -0.3 is 15.8 Å². The van der Waals surface area contributed by atoms with Crippen LogP contribution in [0, 0.1) is 0 Å². The number of fused-ring (bicyclic) bond motifs is 1. The number of amides is 1. The molecule has 7 heteroatoms. The zero-order valence-electron chi connectivity index (χ0n) is 9.96. The molecule has 1 aliphatic heterocycles. The number of nitrogens with two attached hydrogens (primary N) is 1. The van der Waals surface area contributed by atoms with Gasteiger partial charge in [-0.15, -0.1) is 0 Å². The highest BCUT2D eigenvalue weighted by atomic mass is 19.4. The Morgan fingerprint density at radius 3 is 2.89 bits per heavy atom. The van der Waals surface area contributed by atoms with Crippen LogP contribution in [0.1, 0.15) is 17.9 Å². The molecule has 0 spiro atoms. The van der Waals surface area contributed by atoms with Gasteiger partial charge in [0.1, 0.15) is 12.3 Å². The molecule has 0 aliphatic carbocycles. The van der Waals surface area contributed by atoms with Crippen molar-refractivity contribution in [1.82, 2.24) is 5.32 Å². The van der Waals surface area contributed by atoms with E-state index in [9.17, 15) is 18.0 Å². The maximum Gasteiger partial charge on any atom is 0.405 e. The molecule has 1 aromatic carbocycles. The number of ether oxygens (including phenoxy) is 1. The third kappa shape index (κ3) is 3.30. The molecule has 0 radical (unpaired) electrons. The van der Waals surface area contributed by atoms with Crippen LogP contribution < -0.4 is 15.8 Å². The van der Waals surface area contributed by atoms with E-state index in [4.69, 9.17) is 10.5 Å². The summed E-state index contributed by atoms with van der Waals surface area (Å²) in [4.78, 5) is 11.8. The molecular weight excluding hydrogens is 261 g/mol. The third-order valence-electron chi connectivity index (χ3n) is 2.86. The maximum absolute atomic E-state index is 12.1. The molecule has 1 unspecified atom stereocenters. The van der Waals surface area contributed by atoms with Crippen LogP contribution in [0.4, 0.5) is 18.9 Å². The average Bonchev–Trinajstić information content (AvgIpc) is 2.34. The number of alkyl halides is 3. The van der Waals surface area contributed by atoms with Crippen LogP contribution in [-0.4, -0.2) is 25.2 Å². The average molecular weight is 274 g/mol. The Kier molecular flexibility index (Phi) is 3.55. The molecule has 19 heavy (non-hydrogen) atoms. The normalized spacial score (nSPS) is 18.4. The number of hydrogen-bond acceptors (Lipinski definition) is 3. The van der Waals surface area contributed by atoms with Crippen LogP contribution in [0.25, 0.3) is 0 Å². The Morgan fingerprint density at radius 2 is 2.21 bits per heavy atom. The number of rotatable bonds is 2. The van der Waals surface area contributed by atoms with E-state index in [-0.39, 0.29) is 6.61 Å². The molecule has 104 valence electrons. The fraction of sp³-hybridized carbons (Fsp3) is 0.417. The van der Waals surface area contributed by atoms with Crippen molar-refractivity contribution in [3.63, 3.8) is 0 Å². The lowest BCUT2D eigenvalue weighted by Crippen LogP contribution is -2.38. The molecule has 3 N–H and O–H groups in total. The lowest BCUT2D eigenvalue weighted by Gasteiger charge is -2.25. The minimum absolute atomic E-state index is 0.278. The zero-order valence-corrected chi connectivity index (χ0v) is 9.96. The van der Waals surface area contributed by atoms with Gasteiger partial charge >= 0.3 is 6.18 Å². The molecule has 2 rings (SSSR count). The lowest BCUT2D eigenvalue weighted by atomic mass is 9.92. The predicted octanol–water partition coefficient (Wildman–Crippen LogP) is 1.81. The van der Waals surface area contributed by atoms with E-state index in [2.05, 4.69) is 0 Å². The van der Waals surface area contributed by atoms with Gasteiger partial charge in [0.2, 0.25) is 5.91 Å². The molecule has 1 aromatic rings. The quantitative estimate of drug-likeness (QED) is 0.808. The second-order valence-electron chi connectivity index (χ2n) is 4.32. The van der Waals surface area contributed by atoms with Crippen LogP contribution in [0.3, 0.4) is 0 Å². The SMILES string of the molecule is Nc1ccc2c(c1)OCCC2C(=O)NCC(F)(F)F. The van der Waals surface area contributed by atoms with Gasteiger partial charge in [-0.25, -0.2) is 0 Å². The van der Waals surface area contributed by atoms with Crippen LogP contribution in [0.5, 0.6) is 5.75 Å². The highest BCUT2D eigenvalue weighted by Gasteiger charge is 2.32. The molecule has 0 fully saturated rings. The number of anilines is 1. The topological polar surface area (TPSA) is 64.3 Å². The Balaban J connectivity index is 2.13. The Morgan fingerprint density at radius 1 is 1.47 bits per heavy atom. The predicted molar refractivity (Wildman–Crippen MR) is 62.8 cm³/mol. The van der Waals surface area contributed by atoms with Gasteiger partial charge in [-0.05, 0) is 12.5 Å². The van der Waals surface area contributed by atoms with Crippen LogP contribution >= 0.6 is 0 Å². The summed E-state index contributed by atoms with van der Waals surface area (Å²) in [6.07, 6.45) is -4.06. The van der Waals surface area contributed by atoms with E-state index in [1.54, 1.807) is 18.2 Å². The molecule has 1 aliphatic rings. The fourth-order valence-corrected chi connectivity index (χ4v) is 1.99. The summed E-state index contributed by atoms with van der Waals surface area (Å²) in [6.45, 7) is -1.05. The summed E-state index contributed by atoms with van der Waals surface area (Å²) in [7, 11) is 0. The largest absolute Gasteiger partial charge is 0.493 e. The molecular formula is C12H13F3N2O2. The molecule has 0 aromatic heterocycles. The number of carbonyl (C=O) groups excluding carboxylic acids is 1. The molecule has 1 atom stereocenters. The smallest absolute Gasteiger partial charge is 0.405 e. The van der Waals surface area contributed by atoms with E-state index in [0.717, 1.165) is 0 Å². The van der Waals surface area contributed by atoms with Gasteiger partial charge in [0, 0.05) is 17.3 Å². The van der Waals surface area contributed by atoms with Crippen molar-refractivity contribution in [2.45, 2.75) is 18.5 Å². The van der Waals surface area contributed by atoms with Crippen molar-refractivity contribution in [3.8, 4) is 5.75 Å². The van der Waals surface area contributed by atoms with Crippen molar-refractivity contribution in [2.75, 3.05) is 18.9 Å². The molecule has 0 saturated carbocycles. The van der Waals surface area contributed by atoms with Gasteiger partial charge in [-0.1, -0.05) is 6.07 Å². The first-order chi connectivity index (χ1) is 8.87. The van der Waals surface area contributed by atoms with Gasteiger partial charge in [0.15, 0.2) is 0 Å². The number of halogens is 3. The Bertz CT molecular complexity index is 488. The summed E-state index contributed by atoms with van der Waals surface area (Å²) in [5.74, 6) is -0.822. The highest BCUT2D eigenvalue weighted by molar-refractivity contribution is 5.85. The maximum atomic E-state index is 12.1. The zero-order chi connectivity index (χ0) is 14.0. The van der Waals surface area contributed by atoms with Gasteiger partial charge in [0.25, 0.3) is 0 Å². The van der Waals surface area contributed by atoms with Gasteiger partial charge in [0.05, 0.1) is 12.5 Å². The van der Waals surface area contributed by atoms with Crippen molar-refractivity contribution < 1.29 is 22.7 Å². The molecule has 1 amide bonds. The van der Waals surface area contributed by atoms with E-state index in [1.165, 1.54) is 0 Å². The minimum Gasteiger partial charge on any atom is -0.493 e. The molecule has 0 bridgehead atoms. The van der Waals surface area contributed by atoms with Crippen LogP contribution in [-0.2, 0) is 4.79 Å². The second kappa shape index (κ2) is 4.99. The summed E-state index contributed by atoms with van der Waals surface area (Å²) in [5, 5.41) is 1.90. The Labute approximate surface area is 107 Å². The Hall–Kier alpha value is -1.92. The highest BCUT2D eigenvalue weighted by Crippen LogP contribution is 2.35. The lowest BCUT2D eigenvalue weighted by molar-refractivity contribution is -0.139. The minimum atomic E-state index is -4.41. The number of carbonyl (C=O) groups is 1. The number of nitrogens with one attached hydrogen (secondary N) is 1. The first-order valence-electron chi connectivity index (χ1n) is 5.73. The molecule has 0 saturated heterocycles. The first-order valence-corrected chi connectivity index (χ1v) is 5.73. The number of hydrogen-bond donors (Lipinski definition) is 2. The van der Waals surface area contributed by atoms with E-state index in [1.807, 2.05) is 5.32 Å². The number of nitrogen functional groups attached to an aromatic ring is 1. The standard InChI is InChI=1S/C12H13F3N2O2/c13-12(14,15)6-17-11(18)9-3-4-19-10-5-7(16)1-2-8(9)10/h1-2,5,9H,3-4,6,16H2,(H,17,18). The first kappa shape index (κ1) is 13.5. The fourth-order valence-electron chi connectivity index (χ4n) is 1.99. The molecule has 4 nitrogen and oxygen atoms in total. The summed E-state index contributed by atoms with van der Waals surface area (Å²) < 4.78 is 41.6. The monoisotopic (exact) mass is 274 g/mol. The van der Waals surface area contributed by atoms with Gasteiger partial charge in [-0.3, -0.25) is 4.79 Å². The van der Waals surface area contributed by atoms with Gasteiger partial charge in [-0.2, -0.15) is 13.2 Å². The summed E-state index contributed by atoms with van der Waals surface area (Å²) in [5.41, 5.74) is 6.64. The second-order valence-corrected chi connectivity index (χ2v) is 4.32. The van der Waals surface area contributed by atoms with Crippen molar-refractivity contribution in [1.29, 1.82) is 0 Å². The van der Waals surface area contributed by atoms with Crippen molar-refractivity contribution in [2.24, 2.45) is 0 Å². The van der Waals surface area contributed by atoms with E-state index < -0.39 is 24.5 Å². The van der Waals surface area contributed by atoms with Crippen LogP contribution in [0.2, 0.25) is 0 Å². The summed E-state index contributed by atoms with van der Waals surface area (Å²) in [6, 6.07) is 4.78. The van der Waals surface area contributed by atoms with E-state index in [0.29, 0.717) is 23.4 Å². The number of benzene rings is 1. The van der Waals surface area contributed by atoms with Crippen molar-refractivity contribution in [3.05, 3.63) is 23.8 Å². The third-order valence-corrected chi connectivity index (χ3v) is 2.86. The van der Waals surface area contributed by atoms with Crippen LogP contribution in [0.15, 0.2) is 18.2 Å².